The molecule has 2 N–H and O–H groups in total. The molecule has 2 aromatic rings. The maximum absolute atomic E-state index is 12.9. The zero-order valence-electron chi connectivity index (χ0n) is 19.4. The molecule has 0 aromatic heterocycles. The van der Waals surface area contributed by atoms with Gasteiger partial charge in [-0.05, 0) is 55.2 Å². The lowest BCUT2D eigenvalue weighted by molar-refractivity contribution is 0.0950. The lowest BCUT2D eigenvalue weighted by Crippen LogP contribution is -2.32. The first-order chi connectivity index (χ1) is 15.8. The molecule has 33 heavy (non-hydrogen) atoms. The standard InChI is InChI=1S/C24H32N4O4S/c1-4-28(5-2)33(31,32)22-16-20(12-11-18(22)3)23(29)25-17-19-9-8-10-21(15-19)26-24(30)27-13-6-7-14-27/h8-12,15-16H,4-7,13-14,17H2,1-3H3,(H,25,29)(H,26,30). The maximum atomic E-state index is 12.9. The number of hydrogen-bond donors (Lipinski definition) is 2. The van der Waals surface area contributed by atoms with Crippen molar-refractivity contribution in [1.29, 1.82) is 0 Å². The van der Waals surface area contributed by atoms with E-state index in [4.69, 9.17) is 0 Å². The summed E-state index contributed by atoms with van der Waals surface area (Å²) in [6.45, 7) is 7.80. The molecule has 178 valence electrons. The second-order valence-electron chi connectivity index (χ2n) is 8.08. The first-order valence-electron chi connectivity index (χ1n) is 11.3. The third-order valence-electron chi connectivity index (χ3n) is 5.80. The number of carbonyl (C=O) groups excluding carboxylic acids is 2. The Balaban J connectivity index is 1.68. The summed E-state index contributed by atoms with van der Waals surface area (Å²) in [7, 11) is -3.67. The average molecular weight is 473 g/mol. The summed E-state index contributed by atoms with van der Waals surface area (Å²) < 4.78 is 27.3. The molecule has 0 saturated carbocycles. The number of anilines is 1. The van der Waals surface area contributed by atoms with Crippen molar-refractivity contribution < 1.29 is 18.0 Å². The molecule has 1 fully saturated rings. The quantitative estimate of drug-likeness (QED) is 0.613. The molecule has 1 saturated heterocycles. The van der Waals surface area contributed by atoms with Gasteiger partial charge in [0.2, 0.25) is 10.0 Å². The number of amides is 3. The van der Waals surface area contributed by atoms with Gasteiger partial charge < -0.3 is 15.5 Å². The van der Waals surface area contributed by atoms with E-state index in [1.54, 1.807) is 37.8 Å². The molecule has 3 rings (SSSR count). The van der Waals surface area contributed by atoms with Gasteiger partial charge in [-0.3, -0.25) is 4.79 Å². The Morgan fingerprint density at radius 3 is 2.39 bits per heavy atom. The van der Waals surface area contributed by atoms with Gasteiger partial charge in [0.05, 0.1) is 4.90 Å². The van der Waals surface area contributed by atoms with Gasteiger partial charge in [0.15, 0.2) is 0 Å². The lowest BCUT2D eigenvalue weighted by atomic mass is 10.1. The Labute approximate surface area is 196 Å². The third-order valence-corrected chi connectivity index (χ3v) is 7.99. The van der Waals surface area contributed by atoms with Crippen molar-refractivity contribution in [3.8, 4) is 0 Å². The molecule has 1 aliphatic rings. The van der Waals surface area contributed by atoms with Gasteiger partial charge in [-0.25, -0.2) is 13.2 Å². The fourth-order valence-corrected chi connectivity index (χ4v) is 5.60. The van der Waals surface area contributed by atoms with Gasteiger partial charge in [-0.1, -0.05) is 32.0 Å². The van der Waals surface area contributed by atoms with Gasteiger partial charge in [0, 0.05) is 44.0 Å². The van der Waals surface area contributed by atoms with E-state index in [0.717, 1.165) is 31.5 Å². The van der Waals surface area contributed by atoms with Crippen LogP contribution >= 0.6 is 0 Å². The summed E-state index contributed by atoms with van der Waals surface area (Å²) in [5.74, 6) is -0.363. The van der Waals surface area contributed by atoms with Gasteiger partial charge >= 0.3 is 6.03 Å². The molecule has 1 heterocycles. The molecular weight excluding hydrogens is 440 g/mol. The minimum Gasteiger partial charge on any atom is -0.348 e. The van der Waals surface area contributed by atoms with Gasteiger partial charge in [0.25, 0.3) is 5.91 Å². The Morgan fingerprint density at radius 2 is 1.73 bits per heavy atom. The van der Waals surface area contributed by atoms with Crippen molar-refractivity contribution in [2.75, 3.05) is 31.5 Å². The normalized spacial score (nSPS) is 13.9. The molecule has 2 aromatic carbocycles. The number of nitrogens with zero attached hydrogens (tertiary/aromatic N) is 2. The molecule has 0 unspecified atom stereocenters. The number of nitrogens with one attached hydrogen (secondary N) is 2. The van der Waals surface area contributed by atoms with Crippen LogP contribution in [0.2, 0.25) is 0 Å². The van der Waals surface area contributed by atoms with Gasteiger partial charge in [0.1, 0.15) is 0 Å². The molecule has 0 spiro atoms. The summed E-state index contributed by atoms with van der Waals surface area (Å²) in [5.41, 5.74) is 2.37. The van der Waals surface area contributed by atoms with E-state index in [2.05, 4.69) is 10.6 Å². The number of carbonyl (C=O) groups is 2. The number of hydrogen-bond acceptors (Lipinski definition) is 4. The molecule has 0 atom stereocenters. The first-order valence-corrected chi connectivity index (χ1v) is 12.7. The Morgan fingerprint density at radius 1 is 1.03 bits per heavy atom. The summed E-state index contributed by atoms with van der Waals surface area (Å²) in [6, 6.07) is 11.9. The number of aryl methyl sites for hydroxylation is 1. The summed E-state index contributed by atoms with van der Waals surface area (Å²) in [5, 5.41) is 5.73. The molecule has 1 aliphatic heterocycles. The second-order valence-corrected chi connectivity index (χ2v) is 9.98. The Bertz CT molecular complexity index is 1110. The third kappa shape index (κ3) is 5.91. The van der Waals surface area contributed by atoms with E-state index in [0.29, 0.717) is 24.3 Å². The van der Waals surface area contributed by atoms with Crippen LogP contribution in [-0.2, 0) is 16.6 Å². The van der Waals surface area contributed by atoms with E-state index in [1.807, 2.05) is 24.3 Å². The fraction of sp³-hybridized carbons (Fsp3) is 0.417. The van der Waals surface area contributed by atoms with Crippen LogP contribution in [0.25, 0.3) is 0 Å². The summed E-state index contributed by atoms with van der Waals surface area (Å²) >= 11 is 0. The number of urea groups is 1. The SMILES string of the molecule is CCN(CC)S(=O)(=O)c1cc(C(=O)NCc2cccc(NC(=O)N3CCCC3)c2)ccc1C. The summed E-state index contributed by atoms with van der Waals surface area (Å²) in [4.78, 5) is 27.0. The number of rotatable bonds is 8. The highest BCUT2D eigenvalue weighted by atomic mass is 32.2. The van der Waals surface area contributed by atoms with Crippen LogP contribution in [0.5, 0.6) is 0 Å². The largest absolute Gasteiger partial charge is 0.348 e. The average Bonchev–Trinajstić information content (AvgIpc) is 3.34. The molecule has 0 bridgehead atoms. The van der Waals surface area contributed by atoms with Gasteiger partial charge in [-0.2, -0.15) is 4.31 Å². The van der Waals surface area contributed by atoms with Crippen LogP contribution in [-0.4, -0.2) is 55.7 Å². The van der Waals surface area contributed by atoms with Crippen LogP contribution in [0, 0.1) is 6.92 Å². The molecule has 0 radical (unpaired) electrons. The van der Waals surface area contributed by atoms with E-state index in [1.165, 1.54) is 10.4 Å². The molecule has 9 heteroatoms. The number of benzene rings is 2. The molecule has 3 amide bonds. The van der Waals surface area contributed by atoms with Crippen LogP contribution in [0.1, 0.15) is 48.2 Å². The summed E-state index contributed by atoms with van der Waals surface area (Å²) in [6.07, 6.45) is 2.05. The molecular formula is C24H32N4O4S. The van der Waals surface area contributed by atoms with E-state index >= 15 is 0 Å². The van der Waals surface area contributed by atoms with Crippen LogP contribution in [0.3, 0.4) is 0 Å². The predicted octanol–water partition coefficient (Wildman–Crippen LogP) is 3.58. The number of likely N-dealkylation sites (tertiary alicyclic amines) is 1. The minimum atomic E-state index is -3.67. The van der Waals surface area contributed by atoms with Crippen molar-refractivity contribution in [3.63, 3.8) is 0 Å². The smallest absolute Gasteiger partial charge is 0.321 e. The number of sulfonamides is 1. The Hall–Kier alpha value is -2.91. The Kier molecular flexibility index (Phi) is 8.10. The zero-order chi connectivity index (χ0) is 24.0. The van der Waals surface area contributed by atoms with Crippen LogP contribution in [0.4, 0.5) is 10.5 Å². The zero-order valence-corrected chi connectivity index (χ0v) is 20.2. The van der Waals surface area contributed by atoms with Gasteiger partial charge in [-0.15, -0.1) is 0 Å². The highest BCUT2D eigenvalue weighted by Crippen LogP contribution is 2.21. The first kappa shape index (κ1) is 24.7. The van der Waals surface area contributed by atoms with E-state index < -0.39 is 10.0 Å². The minimum absolute atomic E-state index is 0.115. The van der Waals surface area contributed by atoms with Crippen LogP contribution < -0.4 is 10.6 Å². The van der Waals surface area contributed by atoms with Crippen molar-refractivity contribution >= 4 is 27.6 Å². The monoisotopic (exact) mass is 472 g/mol. The van der Waals surface area contributed by atoms with Crippen molar-refractivity contribution in [1.82, 2.24) is 14.5 Å². The van der Waals surface area contributed by atoms with Crippen molar-refractivity contribution in [2.24, 2.45) is 0 Å². The van der Waals surface area contributed by atoms with E-state index in [-0.39, 0.29) is 28.9 Å². The van der Waals surface area contributed by atoms with Crippen molar-refractivity contribution in [3.05, 3.63) is 59.2 Å². The fourth-order valence-electron chi connectivity index (χ4n) is 3.89. The second kappa shape index (κ2) is 10.8. The van der Waals surface area contributed by atoms with Crippen LogP contribution in [0.15, 0.2) is 47.4 Å². The molecule has 8 nitrogen and oxygen atoms in total. The highest BCUT2D eigenvalue weighted by Gasteiger charge is 2.24. The highest BCUT2D eigenvalue weighted by molar-refractivity contribution is 7.89. The van der Waals surface area contributed by atoms with Crippen molar-refractivity contribution in [2.45, 2.75) is 45.1 Å². The van der Waals surface area contributed by atoms with E-state index in [9.17, 15) is 18.0 Å². The maximum Gasteiger partial charge on any atom is 0.321 e. The molecule has 0 aliphatic carbocycles. The predicted molar refractivity (Wildman–Crippen MR) is 129 cm³/mol. The topological polar surface area (TPSA) is 98.8 Å². The lowest BCUT2D eigenvalue weighted by Gasteiger charge is -2.20.